The Labute approximate surface area is 104 Å². The Bertz CT molecular complexity index is 574. The first-order valence-electron chi connectivity index (χ1n) is 4.40. The highest BCUT2D eigenvalue weighted by atomic mass is 79.9. The lowest BCUT2D eigenvalue weighted by Gasteiger charge is -2.03. The summed E-state index contributed by atoms with van der Waals surface area (Å²) in [6.45, 7) is 0. The lowest BCUT2D eigenvalue weighted by atomic mass is 10.2. The Morgan fingerprint density at radius 1 is 1.38 bits per heavy atom. The summed E-state index contributed by atoms with van der Waals surface area (Å²) in [7, 11) is 0. The number of hydrogen-bond donors (Lipinski definition) is 1. The van der Waals surface area contributed by atoms with Gasteiger partial charge in [0.25, 0.3) is 0 Å². The molecule has 0 aliphatic carbocycles. The first-order chi connectivity index (χ1) is 7.56. The van der Waals surface area contributed by atoms with Gasteiger partial charge in [-0.05, 0) is 18.2 Å². The van der Waals surface area contributed by atoms with E-state index in [-0.39, 0.29) is 17.3 Å². The normalized spacial score (nSPS) is 10.6. The number of carboxylic acids is 1. The van der Waals surface area contributed by atoms with Gasteiger partial charge in [0.05, 0.1) is 23.1 Å². The van der Waals surface area contributed by atoms with E-state index in [2.05, 4.69) is 25.9 Å². The Morgan fingerprint density at radius 3 is 2.81 bits per heavy atom. The minimum atomic E-state index is -0.981. The fourth-order valence-corrected chi connectivity index (χ4v) is 1.85. The Hall–Kier alpha value is -1.20. The van der Waals surface area contributed by atoms with Crippen LogP contribution in [0.3, 0.4) is 0 Å². The summed E-state index contributed by atoms with van der Waals surface area (Å²) < 4.78 is 0.859. The molecule has 16 heavy (non-hydrogen) atoms. The lowest BCUT2D eigenvalue weighted by molar-refractivity contribution is -0.136. The van der Waals surface area contributed by atoms with Crippen LogP contribution in [0.15, 0.2) is 22.7 Å². The van der Waals surface area contributed by atoms with Crippen molar-refractivity contribution in [1.82, 2.24) is 9.97 Å². The van der Waals surface area contributed by atoms with Crippen molar-refractivity contribution in [2.45, 2.75) is 6.42 Å². The van der Waals surface area contributed by atoms with E-state index >= 15 is 0 Å². The van der Waals surface area contributed by atoms with Crippen LogP contribution < -0.4 is 0 Å². The van der Waals surface area contributed by atoms with Gasteiger partial charge in [-0.15, -0.1) is 0 Å². The maximum absolute atomic E-state index is 10.6. The number of hydrogen-bond acceptors (Lipinski definition) is 3. The summed E-state index contributed by atoms with van der Waals surface area (Å²) in [6, 6.07) is 5.36. The molecule has 0 fully saturated rings. The van der Waals surface area contributed by atoms with Crippen LogP contribution in [-0.2, 0) is 11.2 Å². The molecule has 0 aliphatic rings. The lowest BCUT2D eigenvalue weighted by Crippen LogP contribution is -2.04. The highest BCUT2D eigenvalue weighted by Gasteiger charge is 2.10. The number of fused-ring (bicyclic) bond motifs is 1. The van der Waals surface area contributed by atoms with Crippen LogP contribution in [0.4, 0.5) is 0 Å². The third-order valence-corrected chi connectivity index (χ3v) is 2.76. The first-order valence-corrected chi connectivity index (χ1v) is 5.57. The van der Waals surface area contributed by atoms with Gasteiger partial charge in [-0.25, -0.2) is 9.97 Å². The summed E-state index contributed by atoms with van der Waals surface area (Å²) >= 11 is 9.15. The molecule has 0 radical (unpaired) electrons. The molecule has 1 aromatic carbocycles. The summed E-state index contributed by atoms with van der Waals surface area (Å²) in [5.74, 6) is -0.981. The van der Waals surface area contributed by atoms with Crippen molar-refractivity contribution in [1.29, 1.82) is 0 Å². The van der Waals surface area contributed by atoms with Gasteiger partial charge in [-0.2, -0.15) is 0 Å². The zero-order valence-electron chi connectivity index (χ0n) is 7.94. The molecule has 0 atom stereocenters. The van der Waals surface area contributed by atoms with Gasteiger partial charge in [0.2, 0.25) is 0 Å². The molecule has 82 valence electrons. The second-order valence-corrected chi connectivity index (χ2v) is 4.44. The van der Waals surface area contributed by atoms with E-state index in [0.717, 1.165) is 4.47 Å². The minimum Gasteiger partial charge on any atom is -0.481 e. The molecule has 0 bridgehead atoms. The average Bonchev–Trinajstić information content (AvgIpc) is 2.19. The monoisotopic (exact) mass is 300 g/mol. The summed E-state index contributed by atoms with van der Waals surface area (Å²) in [5, 5.41) is 8.82. The molecule has 0 amide bonds. The summed E-state index contributed by atoms with van der Waals surface area (Å²) in [4.78, 5) is 18.8. The molecule has 2 aromatic rings. The SMILES string of the molecule is O=C(O)Cc1nc2cc(Br)ccc2nc1Cl. The highest BCUT2D eigenvalue weighted by molar-refractivity contribution is 9.10. The zero-order chi connectivity index (χ0) is 11.7. The molecule has 0 aliphatic heterocycles. The van der Waals surface area contributed by atoms with Crippen molar-refractivity contribution < 1.29 is 9.90 Å². The standard InChI is InChI=1S/C10H6BrClN2O2/c11-5-1-2-6-7(3-5)13-8(4-9(15)16)10(12)14-6/h1-3H,4H2,(H,15,16). The Kier molecular flexibility index (Phi) is 3.07. The fraction of sp³-hybridized carbons (Fsp3) is 0.100. The number of rotatable bonds is 2. The number of halogens is 2. The number of aromatic nitrogens is 2. The van der Waals surface area contributed by atoms with Crippen molar-refractivity contribution in [2.24, 2.45) is 0 Å². The van der Waals surface area contributed by atoms with E-state index in [0.29, 0.717) is 11.0 Å². The van der Waals surface area contributed by atoms with E-state index in [9.17, 15) is 4.79 Å². The maximum Gasteiger partial charge on any atom is 0.309 e. The number of carboxylic acid groups (broad SMARTS) is 1. The van der Waals surface area contributed by atoms with Gasteiger partial charge in [0, 0.05) is 4.47 Å². The molecular formula is C10H6BrClN2O2. The smallest absolute Gasteiger partial charge is 0.309 e. The Balaban J connectivity index is 2.59. The van der Waals surface area contributed by atoms with Gasteiger partial charge in [0.15, 0.2) is 5.15 Å². The second-order valence-electron chi connectivity index (χ2n) is 3.16. The van der Waals surface area contributed by atoms with Gasteiger partial charge in [0.1, 0.15) is 0 Å². The van der Waals surface area contributed by atoms with Crippen LogP contribution in [0.25, 0.3) is 11.0 Å². The van der Waals surface area contributed by atoms with Crippen molar-refractivity contribution in [3.63, 3.8) is 0 Å². The molecule has 0 saturated carbocycles. The van der Waals surface area contributed by atoms with E-state index in [1.807, 2.05) is 6.07 Å². The van der Waals surface area contributed by atoms with Gasteiger partial charge in [-0.3, -0.25) is 4.79 Å². The maximum atomic E-state index is 10.6. The molecule has 0 unspecified atom stereocenters. The zero-order valence-corrected chi connectivity index (χ0v) is 10.3. The fourth-order valence-electron chi connectivity index (χ4n) is 1.30. The highest BCUT2D eigenvalue weighted by Crippen LogP contribution is 2.20. The van der Waals surface area contributed by atoms with Crippen LogP contribution in [-0.4, -0.2) is 21.0 Å². The van der Waals surface area contributed by atoms with Crippen LogP contribution in [0, 0.1) is 0 Å². The Morgan fingerprint density at radius 2 is 2.12 bits per heavy atom. The number of nitrogens with zero attached hydrogens (tertiary/aromatic N) is 2. The predicted molar refractivity (Wildman–Crippen MR) is 63.6 cm³/mol. The van der Waals surface area contributed by atoms with Crippen molar-refractivity contribution in [3.8, 4) is 0 Å². The van der Waals surface area contributed by atoms with E-state index in [1.54, 1.807) is 12.1 Å². The van der Waals surface area contributed by atoms with Gasteiger partial charge < -0.3 is 5.11 Å². The number of aliphatic carboxylic acids is 1. The van der Waals surface area contributed by atoms with Crippen molar-refractivity contribution in [3.05, 3.63) is 33.5 Å². The molecule has 1 N–H and O–H groups in total. The summed E-state index contributed by atoms with van der Waals surface area (Å²) in [6.07, 6.45) is -0.228. The second kappa shape index (κ2) is 4.35. The molecule has 0 spiro atoms. The minimum absolute atomic E-state index is 0.136. The van der Waals surface area contributed by atoms with Crippen LogP contribution in [0.2, 0.25) is 5.15 Å². The molecule has 2 rings (SSSR count). The van der Waals surface area contributed by atoms with Gasteiger partial charge >= 0.3 is 5.97 Å². The molecule has 1 heterocycles. The third kappa shape index (κ3) is 2.31. The number of carbonyl (C=O) groups is 1. The molecular weight excluding hydrogens is 295 g/mol. The van der Waals surface area contributed by atoms with Crippen molar-refractivity contribution >= 4 is 44.5 Å². The van der Waals surface area contributed by atoms with Crippen molar-refractivity contribution in [2.75, 3.05) is 0 Å². The predicted octanol–water partition coefficient (Wildman–Crippen LogP) is 2.67. The van der Waals surface area contributed by atoms with E-state index in [1.165, 1.54) is 0 Å². The summed E-state index contributed by atoms with van der Waals surface area (Å²) in [5.41, 5.74) is 1.54. The average molecular weight is 302 g/mol. The molecule has 0 saturated heterocycles. The molecule has 6 heteroatoms. The van der Waals surface area contributed by atoms with E-state index < -0.39 is 5.97 Å². The third-order valence-electron chi connectivity index (χ3n) is 1.97. The van der Waals surface area contributed by atoms with Crippen LogP contribution in [0.5, 0.6) is 0 Å². The van der Waals surface area contributed by atoms with Crippen LogP contribution in [0.1, 0.15) is 5.69 Å². The van der Waals surface area contributed by atoms with Gasteiger partial charge in [-0.1, -0.05) is 27.5 Å². The molecule has 1 aromatic heterocycles. The number of benzene rings is 1. The largest absolute Gasteiger partial charge is 0.481 e. The van der Waals surface area contributed by atoms with Crippen LogP contribution >= 0.6 is 27.5 Å². The quantitative estimate of drug-likeness (QED) is 0.926. The molecule has 4 nitrogen and oxygen atoms in total. The van der Waals surface area contributed by atoms with E-state index in [4.69, 9.17) is 16.7 Å². The first kappa shape index (κ1) is 11.3. The topological polar surface area (TPSA) is 63.1 Å².